The summed E-state index contributed by atoms with van der Waals surface area (Å²) in [7, 11) is 0. The minimum absolute atomic E-state index is 0.195. The lowest BCUT2D eigenvalue weighted by molar-refractivity contribution is -0.115. The number of rotatable bonds is 3. The highest BCUT2D eigenvalue weighted by Gasteiger charge is 2.47. The highest BCUT2D eigenvalue weighted by molar-refractivity contribution is 5.24. The smallest absolute Gasteiger partial charge is 0.344 e. The first-order valence-corrected chi connectivity index (χ1v) is 4.86. The molecule has 0 aromatic carbocycles. The van der Waals surface area contributed by atoms with Gasteiger partial charge in [0.25, 0.3) is 0 Å². The van der Waals surface area contributed by atoms with Crippen molar-refractivity contribution in [3.05, 3.63) is 5.82 Å². The van der Waals surface area contributed by atoms with E-state index in [1.807, 2.05) is 5.32 Å². The molecule has 1 fully saturated rings. The van der Waals surface area contributed by atoms with Crippen molar-refractivity contribution in [3.63, 3.8) is 0 Å². The Kier molecular flexibility index (Phi) is 2.70. The maximum absolute atomic E-state index is 12.6. The first-order valence-electron chi connectivity index (χ1n) is 4.86. The van der Waals surface area contributed by atoms with Gasteiger partial charge in [0.15, 0.2) is 0 Å². The van der Waals surface area contributed by atoms with E-state index in [4.69, 9.17) is 0 Å². The lowest BCUT2D eigenvalue weighted by Crippen LogP contribution is -2.34. The Labute approximate surface area is 92.6 Å². The Balaban J connectivity index is 1.89. The molecule has 1 heterocycles. The monoisotopic (exact) mass is 256 g/mol. The second-order valence-electron chi connectivity index (χ2n) is 3.97. The second kappa shape index (κ2) is 3.81. The third-order valence-electron chi connectivity index (χ3n) is 2.43. The molecule has 0 atom stereocenters. The summed E-state index contributed by atoms with van der Waals surface area (Å²) in [6.07, 6.45) is -5.06. The van der Waals surface area contributed by atoms with Crippen molar-refractivity contribution in [2.24, 2.45) is 0 Å². The van der Waals surface area contributed by atoms with Crippen LogP contribution in [0.5, 0.6) is 0 Å². The maximum Gasteiger partial charge on any atom is 0.405 e. The third-order valence-corrected chi connectivity index (χ3v) is 2.43. The maximum atomic E-state index is 12.6. The fourth-order valence-corrected chi connectivity index (χ4v) is 1.57. The molecule has 1 aromatic rings. The Bertz CT molecular complexity index is 391. The summed E-state index contributed by atoms with van der Waals surface area (Å²) in [4.78, 5) is 3.69. The summed E-state index contributed by atoms with van der Waals surface area (Å²) in [6, 6.07) is 0. The first kappa shape index (κ1) is 12.1. The minimum Gasteiger partial charge on any atom is -0.344 e. The van der Waals surface area contributed by atoms with Crippen molar-refractivity contribution in [1.29, 1.82) is 0 Å². The molecule has 0 amide bonds. The summed E-state index contributed by atoms with van der Waals surface area (Å²) in [5, 5.41) is 7.80. The predicted octanol–water partition coefficient (Wildman–Crippen LogP) is 2.29. The molecule has 9 heteroatoms. The van der Waals surface area contributed by atoms with E-state index in [1.54, 1.807) is 0 Å². The molecular weight excluding hydrogens is 247 g/mol. The SMILES string of the molecule is FC(F)(F)CNc1n[nH]c(C2CC(F)(F)C2)n1. The minimum atomic E-state index is -4.37. The van der Waals surface area contributed by atoms with Crippen LogP contribution in [0.3, 0.4) is 0 Å². The molecule has 1 aliphatic carbocycles. The fourth-order valence-electron chi connectivity index (χ4n) is 1.57. The van der Waals surface area contributed by atoms with Crippen LogP contribution in [-0.2, 0) is 0 Å². The topological polar surface area (TPSA) is 53.6 Å². The summed E-state index contributed by atoms with van der Waals surface area (Å²) in [6.45, 7) is -1.26. The molecule has 1 aliphatic rings. The molecule has 0 aliphatic heterocycles. The number of anilines is 1. The van der Waals surface area contributed by atoms with E-state index in [9.17, 15) is 22.0 Å². The zero-order valence-corrected chi connectivity index (χ0v) is 8.48. The van der Waals surface area contributed by atoms with Crippen LogP contribution >= 0.6 is 0 Å². The standard InChI is InChI=1S/C8H9F5N4/c9-7(10)1-4(2-7)5-15-6(17-16-5)14-3-8(11,12)13/h4H,1-3H2,(H2,14,15,16,17). The molecule has 0 radical (unpaired) electrons. The van der Waals surface area contributed by atoms with Crippen molar-refractivity contribution >= 4 is 5.95 Å². The Morgan fingerprint density at radius 1 is 1.35 bits per heavy atom. The van der Waals surface area contributed by atoms with Crippen molar-refractivity contribution in [3.8, 4) is 0 Å². The van der Waals surface area contributed by atoms with E-state index < -0.39 is 24.6 Å². The van der Waals surface area contributed by atoms with Crippen molar-refractivity contribution in [2.75, 3.05) is 11.9 Å². The van der Waals surface area contributed by atoms with Gasteiger partial charge in [-0.05, 0) is 0 Å². The molecule has 0 saturated heterocycles. The van der Waals surface area contributed by atoms with Crippen LogP contribution in [-0.4, -0.2) is 33.8 Å². The molecule has 2 rings (SSSR count). The first-order chi connectivity index (χ1) is 7.75. The number of hydrogen-bond acceptors (Lipinski definition) is 3. The number of H-pyrrole nitrogens is 1. The van der Waals surface area contributed by atoms with Crippen LogP contribution in [0.4, 0.5) is 27.9 Å². The number of nitrogens with one attached hydrogen (secondary N) is 2. The predicted molar refractivity (Wildman–Crippen MR) is 47.8 cm³/mol. The third kappa shape index (κ3) is 3.04. The van der Waals surface area contributed by atoms with Gasteiger partial charge < -0.3 is 5.32 Å². The molecule has 2 N–H and O–H groups in total. The highest BCUT2D eigenvalue weighted by atomic mass is 19.4. The Hall–Kier alpha value is -1.41. The van der Waals surface area contributed by atoms with Gasteiger partial charge in [0.1, 0.15) is 12.4 Å². The molecule has 96 valence electrons. The van der Waals surface area contributed by atoms with Gasteiger partial charge in [-0.25, -0.2) is 8.78 Å². The van der Waals surface area contributed by atoms with Gasteiger partial charge in [0.2, 0.25) is 11.9 Å². The molecule has 0 spiro atoms. The van der Waals surface area contributed by atoms with E-state index in [-0.39, 0.29) is 24.6 Å². The normalized spacial score (nSPS) is 20.1. The van der Waals surface area contributed by atoms with Gasteiger partial charge >= 0.3 is 6.18 Å². The van der Waals surface area contributed by atoms with Gasteiger partial charge in [-0.15, -0.1) is 5.10 Å². The zero-order chi connectivity index (χ0) is 12.7. The average Bonchev–Trinajstić information content (AvgIpc) is 2.57. The molecule has 17 heavy (non-hydrogen) atoms. The number of aromatic nitrogens is 3. The molecule has 1 saturated carbocycles. The van der Waals surface area contributed by atoms with Gasteiger partial charge in [0, 0.05) is 18.8 Å². The number of hydrogen-bond donors (Lipinski definition) is 2. The lowest BCUT2D eigenvalue weighted by atomic mass is 9.81. The van der Waals surface area contributed by atoms with E-state index in [0.29, 0.717) is 0 Å². The molecule has 1 aromatic heterocycles. The largest absolute Gasteiger partial charge is 0.405 e. The average molecular weight is 256 g/mol. The van der Waals surface area contributed by atoms with Crippen LogP contribution < -0.4 is 5.32 Å². The van der Waals surface area contributed by atoms with E-state index in [0.717, 1.165) is 0 Å². The van der Waals surface area contributed by atoms with Crippen LogP contribution in [0.2, 0.25) is 0 Å². The van der Waals surface area contributed by atoms with Crippen molar-refractivity contribution < 1.29 is 22.0 Å². The number of nitrogens with zero attached hydrogens (tertiary/aromatic N) is 2. The number of halogens is 5. The van der Waals surface area contributed by atoms with E-state index in [2.05, 4.69) is 15.2 Å². The van der Waals surface area contributed by atoms with Crippen LogP contribution in [0.25, 0.3) is 0 Å². The van der Waals surface area contributed by atoms with Crippen LogP contribution in [0.15, 0.2) is 0 Å². The highest BCUT2D eigenvalue weighted by Crippen LogP contribution is 2.47. The number of aromatic amines is 1. The van der Waals surface area contributed by atoms with Gasteiger partial charge in [-0.3, -0.25) is 5.10 Å². The summed E-state index contributed by atoms with van der Waals surface area (Å²) < 4.78 is 60.7. The second-order valence-corrected chi connectivity index (χ2v) is 3.97. The molecule has 0 bridgehead atoms. The van der Waals surface area contributed by atoms with Crippen LogP contribution in [0, 0.1) is 0 Å². The Morgan fingerprint density at radius 3 is 2.53 bits per heavy atom. The summed E-state index contributed by atoms with van der Waals surface area (Å²) in [5.74, 6) is -3.19. The number of alkyl halides is 5. The molecule has 4 nitrogen and oxygen atoms in total. The fraction of sp³-hybridized carbons (Fsp3) is 0.750. The molecule has 0 unspecified atom stereocenters. The van der Waals surface area contributed by atoms with Gasteiger partial charge in [-0.1, -0.05) is 0 Å². The molecular formula is C8H9F5N4. The summed E-state index contributed by atoms with van der Waals surface area (Å²) >= 11 is 0. The van der Waals surface area contributed by atoms with Crippen molar-refractivity contribution in [1.82, 2.24) is 15.2 Å². The van der Waals surface area contributed by atoms with Crippen molar-refractivity contribution in [2.45, 2.75) is 30.9 Å². The van der Waals surface area contributed by atoms with Crippen LogP contribution in [0.1, 0.15) is 24.6 Å². The quantitative estimate of drug-likeness (QED) is 0.816. The Morgan fingerprint density at radius 2 is 2.00 bits per heavy atom. The van der Waals surface area contributed by atoms with Gasteiger partial charge in [-0.2, -0.15) is 18.2 Å². The lowest BCUT2D eigenvalue weighted by Gasteiger charge is -2.33. The zero-order valence-electron chi connectivity index (χ0n) is 8.48. The van der Waals surface area contributed by atoms with E-state index in [1.165, 1.54) is 0 Å². The summed E-state index contributed by atoms with van der Waals surface area (Å²) in [5.41, 5.74) is 0. The van der Waals surface area contributed by atoms with E-state index >= 15 is 0 Å². The van der Waals surface area contributed by atoms with Gasteiger partial charge in [0.05, 0.1) is 0 Å².